The number of fused-ring (bicyclic) bond motifs is 3. The molecule has 0 radical (unpaired) electrons. The molecule has 5 rings (SSSR count). The predicted molar refractivity (Wildman–Crippen MR) is 298 cm³/mol. The van der Waals surface area contributed by atoms with Gasteiger partial charge in [-0.1, -0.05) is 50.6 Å². The maximum atomic E-state index is 13.7. The summed E-state index contributed by atoms with van der Waals surface area (Å²) in [4.78, 5) is 125. The number of carbonyl (C=O) groups is 9. The molecule has 0 saturated carbocycles. The molecule has 25 nitrogen and oxygen atoms in total. The van der Waals surface area contributed by atoms with E-state index in [0.717, 1.165) is 15.8 Å². The first-order chi connectivity index (χ1) is 38.0. The van der Waals surface area contributed by atoms with Crippen LogP contribution in [0.5, 0.6) is 0 Å². The minimum Gasteiger partial charge on any atom is -0.445 e. The van der Waals surface area contributed by atoms with Gasteiger partial charge in [0.15, 0.2) is 5.82 Å². The third kappa shape index (κ3) is 18.8. The summed E-state index contributed by atoms with van der Waals surface area (Å²) in [6, 6.07) is 11.2. The number of alkyl carbamates (subject to hydrolysis) is 1. The molecular formula is C55H77N13O12. The number of hydrogen-bond donors (Lipinski definition) is 9. The Balaban J connectivity index is 1.09. The normalized spacial score (nSPS) is 13.3. The zero-order valence-electron chi connectivity index (χ0n) is 46.9. The average Bonchev–Trinajstić information content (AvgIpc) is 4.16. The second kappa shape index (κ2) is 29.8. The van der Waals surface area contributed by atoms with Crippen LogP contribution in [0.15, 0.2) is 60.7 Å². The molecule has 2 atom stereocenters. The monoisotopic (exact) mass is 1110 g/mol. The number of hydrogen-bond acceptors (Lipinski definition) is 15. The molecular weight excluding hydrogens is 1030 g/mol. The van der Waals surface area contributed by atoms with Crippen LogP contribution in [0.2, 0.25) is 0 Å². The summed E-state index contributed by atoms with van der Waals surface area (Å²) in [6.45, 7) is 13.8. The molecule has 10 amide bonds. The molecule has 80 heavy (non-hydrogen) atoms. The number of urea groups is 1. The molecule has 0 fully saturated rings. The van der Waals surface area contributed by atoms with E-state index in [-0.39, 0.29) is 94.8 Å². The van der Waals surface area contributed by atoms with Gasteiger partial charge < -0.3 is 67.0 Å². The summed E-state index contributed by atoms with van der Waals surface area (Å²) in [7, 11) is 1.68. The average molecular weight is 1110 g/mol. The van der Waals surface area contributed by atoms with Crippen LogP contribution in [0.3, 0.4) is 0 Å². The molecule has 25 heteroatoms. The third-order valence-electron chi connectivity index (χ3n) is 12.7. The van der Waals surface area contributed by atoms with Crippen LogP contribution in [0, 0.1) is 5.92 Å². The summed E-state index contributed by atoms with van der Waals surface area (Å²) in [6.07, 6.45) is 3.61. The van der Waals surface area contributed by atoms with Gasteiger partial charge in [0.1, 0.15) is 42.2 Å². The number of nitrogens with one attached hydrogen (secondary N) is 8. The number of imidazole rings is 1. The van der Waals surface area contributed by atoms with Crippen molar-refractivity contribution in [3.8, 4) is 0 Å². The van der Waals surface area contributed by atoms with Crippen molar-refractivity contribution >= 4 is 86.9 Å². The van der Waals surface area contributed by atoms with Crippen molar-refractivity contribution in [2.75, 3.05) is 57.1 Å². The Morgan fingerprint density at radius 3 is 2.17 bits per heavy atom. The van der Waals surface area contributed by atoms with Gasteiger partial charge in [-0.15, -0.1) is 0 Å². The quantitative estimate of drug-likeness (QED) is 0.0250. The van der Waals surface area contributed by atoms with Crippen molar-refractivity contribution < 1.29 is 57.4 Å². The predicted octanol–water partition coefficient (Wildman–Crippen LogP) is 3.39. The van der Waals surface area contributed by atoms with Gasteiger partial charge in [0, 0.05) is 55.9 Å². The highest BCUT2D eigenvalue weighted by atomic mass is 16.5. The molecule has 0 aliphatic carbocycles. The molecule has 1 aliphatic heterocycles. The van der Waals surface area contributed by atoms with E-state index < -0.39 is 53.1 Å². The largest absolute Gasteiger partial charge is 0.445 e. The van der Waals surface area contributed by atoms with Crippen LogP contribution in [-0.2, 0) is 67.5 Å². The lowest BCUT2D eigenvalue weighted by molar-refractivity contribution is -0.137. The zero-order chi connectivity index (χ0) is 58.6. The first kappa shape index (κ1) is 62.8. The SMILES string of the molecule is CCOCc1nc2c(NC(=O)CNC)nc3ccccc3c2n1CC(C)(C)OCCNC(=O)C(C)(C)NC(=O)OCc1ccc(NC(=O)[C@H](CCCNC(N)=O)NC(=O)[C@@H](NC(=O)CCCCCN2C(=O)C=CC2=O)C(C)C)cc1. The second-order valence-electron chi connectivity index (χ2n) is 20.6. The Labute approximate surface area is 465 Å². The summed E-state index contributed by atoms with van der Waals surface area (Å²) < 4.78 is 19.6. The molecule has 434 valence electrons. The van der Waals surface area contributed by atoms with E-state index in [1.807, 2.05) is 49.6 Å². The van der Waals surface area contributed by atoms with E-state index in [1.165, 1.54) is 26.0 Å². The lowest BCUT2D eigenvalue weighted by Gasteiger charge is -2.28. The topological polar surface area (TPSA) is 338 Å². The van der Waals surface area contributed by atoms with Crippen LogP contribution < -0.4 is 48.3 Å². The van der Waals surface area contributed by atoms with E-state index in [2.05, 4.69) is 42.5 Å². The van der Waals surface area contributed by atoms with Crippen LogP contribution in [-0.4, -0.2) is 143 Å². The van der Waals surface area contributed by atoms with Crippen LogP contribution in [0.4, 0.5) is 21.1 Å². The van der Waals surface area contributed by atoms with Crippen molar-refractivity contribution in [1.29, 1.82) is 0 Å². The third-order valence-corrected chi connectivity index (χ3v) is 12.7. The molecule has 4 aromatic rings. The molecule has 0 bridgehead atoms. The number of ether oxygens (including phenoxy) is 3. The lowest BCUT2D eigenvalue weighted by atomic mass is 10.0. The number of unbranched alkanes of at least 4 members (excludes halogenated alkanes) is 2. The van der Waals surface area contributed by atoms with Gasteiger partial charge in [-0.3, -0.25) is 38.5 Å². The Morgan fingerprint density at radius 2 is 1.50 bits per heavy atom. The van der Waals surface area contributed by atoms with Gasteiger partial charge in [0.05, 0.1) is 36.3 Å². The van der Waals surface area contributed by atoms with Crippen LogP contribution in [0.1, 0.15) is 98.4 Å². The molecule has 10 N–H and O–H groups in total. The molecule has 0 unspecified atom stereocenters. The summed E-state index contributed by atoms with van der Waals surface area (Å²) in [5, 5.41) is 22.7. The molecule has 0 saturated heterocycles. The number of pyridine rings is 1. The van der Waals surface area contributed by atoms with Gasteiger partial charge in [-0.2, -0.15) is 0 Å². The number of nitrogens with two attached hydrogens (primary N) is 1. The van der Waals surface area contributed by atoms with E-state index in [0.29, 0.717) is 66.3 Å². The highest BCUT2D eigenvalue weighted by molar-refractivity contribution is 6.13. The van der Waals surface area contributed by atoms with Gasteiger partial charge >= 0.3 is 12.1 Å². The maximum absolute atomic E-state index is 13.7. The van der Waals surface area contributed by atoms with Crippen LogP contribution >= 0.6 is 0 Å². The number of nitrogens with zero attached hydrogens (tertiary/aromatic N) is 4. The second-order valence-corrected chi connectivity index (χ2v) is 20.6. The summed E-state index contributed by atoms with van der Waals surface area (Å²) >= 11 is 0. The fourth-order valence-corrected chi connectivity index (χ4v) is 8.54. The van der Waals surface area contributed by atoms with E-state index in [1.54, 1.807) is 45.2 Å². The maximum Gasteiger partial charge on any atom is 0.408 e. The minimum atomic E-state index is -1.39. The number of imide groups is 1. The highest BCUT2D eigenvalue weighted by Gasteiger charge is 2.32. The van der Waals surface area contributed by atoms with Crippen molar-refractivity contribution in [3.63, 3.8) is 0 Å². The van der Waals surface area contributed by atoms with Gasteiger partial charge in [0.2, 0.25) is 29.5 Å². The number of aromatic nitrogens is 3. The minimum absolute atomic E-state index is 0.0882. The number of benzene rings is 2. The number of carbonyl (C=O) groups excluding carboxylic acids is 9. The van der Waals surface area contributed by atoms with E-state index in [4.69, 9.17) is 29.9 Å². The van der Waals surface area contributed by atoms with Crippen LogP contribution in [0.25, 0.3) is 21.9 Å². The highest BCUT2D eigenvalue weighted by Crippen LogP contribution is 2.32. The number of anilines is 2. The number of likely N-dealkylation sites (N-methyl/N-ethyl adjacent to an activating group) is 1. The van der Waals surface area contributed by atoms with Gasteiger partial charge in [0.25, 0.3) is 11.8 Å². The Kier molecular flexibility index (Phi) is 23.4. The van der Waals surface area contributed by atoms with E-state index >= 15 is 0 Å². The van der Waals surface area contributed by atoms with Gasteiger partial charge in [-0.25, -0.2) is 19.6 Å². The number of para-hydroxylation sites is 1. The van der Waals surface area contributed by atoms with Gasteiger partial charge in [-0.05, 0) is 97.0 Å². The Hall–Kier alpha value is -8.03. The molecule has 2 aromatic carbocycles. The molecule has 1 aliphatic rings. The van der Waals surface area contributed by atoms with Crippen molar-refractivity contribution in [2.45, 2.75) is 130 Å². The molecule has 0 spiro atoms. The fourth-order valence-electron chi connectivity index (χ4n) is 8.54. The molecule has 3 heterocycles. The standard InChI is InChI=1S/C55H77N13O12/c1-9-78-32-40-63-46-47(37-16-12-13-17-38(37)61-48(46)65-42(70)30-57-8)68(40)33-54(4,5)80-29-27-58-51(75)55(6,7)66-53(77)79-31-35-20-22-36(23-21-35)60-49(73)39(18-15-26-59-52(56)76)62-50(74)45(34(2)3)64-41(69)19-11-10-14-28-67-43(71)24-25-44(67)72/h12-13,16-17,20-25,34,39,45,57H,9-11,14-15,18-19,26-33H2,1-8H3,(H,58,75)(H,60,73)(H,62,74)(H,64,69)(H,66,77)(H3,56,59,76)(H,61,65,70)/t39-,45-/m0/s1. The Bertz CT molecular complexity index is 2870. The summed E-state index contributed by atoms with van der Waals surface area (Å²) in [5.74, 6) is -2.43. The van der Waals surface area contributed by atoms with E-state index in [9.17, 15) is 43.2 Å². The van der Waals surface area contributed by atoms with Crippen molar-refractivity contribution in [1.82, 2.24) is 51.3 Å². The number of amides is 10. The molecule has 2 aromatic heterocycles. The summed E-state index contributed by atoms with van der Waals surface area (Å²) in [5.41, 5.74) is 5.88. The van der Waals surface area contributed by atoms with Crippen molar-refractivity contribution in [3.05, 3.63) is 72.1 Å². The zero-order valence-corrected chi connectivity index (χ0v) is 46.9. The van der Waals surface area contributed by atoms with Crippen molar-refractivity contribution in [2.24, 2.45) is 11.7 Å². The first-order valence-electron chi connectivity index (χ1n) is 26.8. The lowest BCUT2D eigenvalue weighted by Crippen LogP contribution is -2.55. The number of rotatable bonds is 32. The first-order valence-corrected chi connectivity index (χ1v) is 26.8. The Morgan fingerprint density at radius 1 is 0.787 bits per heavy atom. The number of primary amides is 1. The fraction of sp³-hybridized carbons (Fsp3) is 0.509. The smallest absolute Gasteiger partial charge is 0.408 e.